The van der Waals surface area contributed by atoms with Gasteiger partial charge in [-0.25, -0.2) is 4.68 Å². The van der Waals surface area contributed by atoms with Crippen molar-refractivity contribution in [3.63, 3.8) is 0 Å². The Balaban J connectivity index is 1.48. The predicted molar refractivity (Wildman–Crippen MR) is 112 cm³/mol. The highest BCUT2D eigenvalue weighted by molar-refractivity contribution is 6.04. The molecule has 1 aliphatic heterocycles. The van der Waals surface area contributed by atoms with Gasteiger partial charge in [-0.1, -0.05) is 30.3 Å². The first-order valence-electron chi connectivity index (χ1n) is 9.67. The van der Waals surface area contributed by atoms with Gasteiger partial charge in [0.2, 0.25) is 5.91 Å². The molecule has 29 heavy (non-hydrogen) atoms. The molecule has 2 aromatic carbocycles. The van der Waals surface area contributed by atoms with Gasteiger partial charge in [0, 0.05) is 25.2 Å². The van der Waals surface area contributed by atoms with E-state index in [1.807, 2.05) is 54.6 Å². The van der Waals surface area contributed by atoms with Crippen LogP contribution < -0.4 is 16.0 Å². The van der Waals surface area contributed by atoms with Gasteiger partial charge >= 0.3 is 0 Å². The third kappa shape index (κ3) is 4.13. The number of carbonyl (C=O) groups is 2. The smallest absolute Gasteiger partial charge is 0.276 e. The average molecular weight is 389 g/mol. The standard InChI is InChI=1S/C22H23N5O2/c23-21(28)16-10-13-26(14-11-16)20-9-5-4-8-18(20)24-22(29)19-12-15-27(25-19)17-6-2-1-3-7-17/h1-9,12,15-16H,10-11,13-14H2,(H2,23,28)(H,24,29). The SMILES string of the molecule is NC(=O)C1CCN(c2ccccc2NC(=O)c2ccn(-c3ccccc3)n2)CC1. The van der Waals surface area contributed by atoms with Crippen molar-refractivity contribution in [1.82, 2.24) is 9.78 Å². The number of piperidine rings is 1. The number of hydrogen-bond donors (Lipinski definition) is 2. The lowest BCUT2D eigenvalue weighted by Gasteiger charge is -2.33. The van der Waals surface area contributed by atoms with Crippen molar-refractivity contribution >= 4 is 23.2 Å². The molecule has 0 spiro atoms. The van der Waals surface area contributed by atoms with E-state index in [9.17, 15) is 9.59 Å². The Morgan fingerprint density at radius 1 is 0.966 bits per heavy atom. The van der Waals surface area contributed by atoms with Crippen LogP contribution in [0.1, 0.15) is 23.3 Å². The molecule has 0 radical (unpaired) electrons. The van der Waals surface area contributed by atoms with Crippen LogP contribution in [-0.4, -0.2) is 34.7 Å². The average Bonchev–Trinajstić information content (AvgIpc) is 3.25. The van der Waals surface area contributed by atoms with Crippen LogP contribution in [0.25, 0.3) is 5.69 Å². The van der Waals surface area contributed by atoms with Crippen molar-refractivity contribution in [2.45, 2.75) is 12.8 Å². The zero-order valence-corrected chi connectivity index (χ0v) is 16.0. The Kier molecular flexibility index (Phi) is 5.29. The van der Waals surface area contributed by atoms with E-state index in [1.165, 1.54) is 0 Å². The fraction of sp³-hybridized carbons (Fsp3) is 0.227. The van der Waals surface area contributed by atoms with Gasteiger partial charge in [-0.3, -0.25) is 9.59 Å². The number of amides is 2. The van der Waals surface area contributed by atoms with Gasteiger partial charge in [-0.2, -0.15) is 5.10 Å². The van der Waals surface area contributed by atoms with E-state index in [1.54, 1.807) is 16.9 Å². The first-order chi connectivity index (χ1) is 14.1. The van der Waals surface area contributed by atoms with Crippen LogP contribution in [0.2, 0.25) is 0 Å². The van der Waals surface area contributed by atoms with Crippen molar-refractivity contribution in [3.8, 4) is 5.69 Å². The van der Waals surface area contributed by atoms with Crippen molar-refractivity contribution in [2.24, 2.45) is 11.7 Å². The van der Waals surface area contributed by atoms with Crippen LogP contribution in [0.4, 0.5) is 11.4 Å². The molecule has 1 aliphatic rings. The molecular formula is C22H23N5O2. The summed E-state index contributed by atoms with van der Waals surface area (Å²) in [5.41, 5.74) is 8.33. The maximum atomic E-state index is 12.8. The van der Waals surface area contributed by atoms with E-state index in [0.29, 0.717) is 5.69 Å². The van der Waals surface area contributed by atoms with E-state index < -0.39 is 0 Å². The molecule has 7 nitrogen and oxygen atoms in total. The summed E-state index contributed by atoms with van der Waals surface area (Å²) in [7, 11) is 0. The minimum atomic E-state index is -0.265. The second kappa shape index (κ2) is 8.18. The number of rotatable bonds is 5. The maximum absolute atomic E-state index is 12.8. The minimum Gasteiger partial charge on any atom is -0.370 e. The molecule has 0 bridgehead atoms. The van der Waals surface area contributed by atoms with Crippen LogP contribution in [0, 0.1) is 5.92 Å². The number of nitrogens with zero attached hydrogens (tertiary/aromatic N) is 3. The summed E-state index contributed by atoms with van der Waals surface area (Å²) < 4.78 is 1.68. The summed E-state index contributed by atoms with van der Waals surface area (Å²) in [6.07, 6.45) is 3.21. The van der Waals surface area contributed by atoms with Crippen molar-refractivity contribution in [2.75, 3.05) is 23.3 Å². The number of nitrogens with two attached hydrogens (primary N) is 1. The summed E-state index contributed by atoms with van der Waals surface area (Å²) in [4.78, 5) is 26.4. The molecule has 0 atom stereocenters. The topological polar surface area (TPSA) is 93.3 Å². The zero-order chi connectivity index (χ0) is 20.2. The molecule has 2 amide bonds. The molecule has 4 rings (SSSR count). The van der Waals surface area contributed by atoms with Gasteiger partial charge in [0.05, 0.1) is 17.1 Å². The molecule has 148 valence electrons. The number of anilines is 2. The zero-order valence-electron chi connectivity index (χ0n) is 16.0. The van der Waals surface area contributed by atoms with Gasteiger partial charge in [-0.05, 0) is 43.2 Å². The molecule has 2 heterocycles. The first kappa shape index (κ1) is 18.7. The maximum Gasteiger partial charge on any atom is 0.276 e. The Bertz CT molecular complexity index is 1010. The minimum absolute atomic E-state index is 0.0741. The summed E-state index contributed by atoms with van der Waals surface area (Å²) in [6.45, 7) is 1.45. The monoisotopic (exact) mass is 389 g/mol. The third-order valence-electron chi connectivity index (χ3n) is 5.23. The van der Waals surface area contributed by atoms with E-state index in [2.05, 4.69) is 15.3 Å². The number of aromatic nitrogens is 2. The molecule has 3 N–H and O–H groups in total. The van der Waals surface area contributed by atoms with Crippen LogP contribution in [0.3, 0.4) is 0 Å². The fourth-order valence-electron chi connectivity index (χ4n) is 3.62. The normalized spacial score (nSPS) is 14.6. The number of carbonyl (C=O) groups excluding carboxylic acids is 2. The fourth-order valence-corrected chi connectivity index (χ4v) is 3.62. The highest BCUT2D eigenvalue weighted by atomic mass is 16.2. The highest BCUT2D eigenvalue weighted by Crippen LogP contribution is 2.30. The highest BCUT2D eigenvalue weighted by Gasteiger charge is 2.24. The van der Waals surface area contributed by atoms with E-state index >= 15 is 0 Å². The Morgan fingerprint density at radius 3 is 2.38 bits per heavy atom. The summed E-state index contributed by atoms with van der Waals surface area (Å²) in [5.74, 6) is -0.575. The molecule has 0 unspecified atom stereocenters. The largest absolute Gasteiger partial charge is 0.370 e. The summed E-state index contributed by atoms with van der Waals surface area (Å²) in [5, 5.41) is 7.36. The second-order valence-electron chi connectivity index (χ2n) is 7.12. The number of primary amides is 1. The lowest BCUT2D eigenvalue weighted by atomic mass is 9.96. The van der Waals surface area contributed by atoms with E-state index in [0.717, 1.165) is 43.0 Å². The third-order valence-corrected chi connectivity index (χ3v) is 5.23. The van der Waals surface area contributed by atoms with Crippen LogP contribution in [0.15, 0.2) is 66.9 Å². The number of benzene rings is 2. The second-order valence-corrected chi connectivity index (χ2v) is 7.12. The van der Waals surface area contributed by atoms with Gasteiger partial charge in [0.15, 0.2) is 5.69 Å². The van der Waals surface area contributed by atoms with Crippen LogP contribution >= 0.6 is 0 Å². The molecule has 0 saturated carbocycles. The van der Waals surface area contributed by atoms with E-state index in [-0.39, 0.29) is 17.7 Å². The van der Waals surface area contributed by atoms with Crippen molar-refractivity contribution in [3.05, 3.63) is 72.6 Å². The molecule has 1 saturated heterocycles. The summed E-state index contributed by atoms with van der Waals surface area (Å²) in [6, 6.07) is 19.0. The Morgan fingerprint density at radius 2 is 1.66 bits per heavy atom. The lowest BCUT2D eigenvalue weighted by molar-refractivity contribution is -0.122. The lowest BCUT2D eigenvalue weighted by Crippen LogP contribution is -2.38. The van der Waals surface area contributed by atoms with Gasteiger partial charge < -0.3 is 16.0 Å². The van der Waals surface area contributed by atoms with Gasteiger partial charge in [0.1, 0.15) is 0 Å². The molecular weight excluding hydrogens is 366 g/mol. The first-order valence-corrected chi connectivity index (χ1v) is 9.67. The van der Waals surface area contributed by atoms with Crippen LogP contribution in [-0.2, 0) is 4.79 Å². The number of hydrogen-bond acceptors (Lipinski definition) is 4. The van der Waals surface area contributed by atoms with Crippen molar-refractivity contribution in [1.29, 1.82) is 0 Å². The summed E-state index contributed by atoms with van der Waals surface area (Å²) >= 11 is 0. The van der Waals surface area contributed by atoms with Gasteiger partial charge in [0.25, 0.3) is 5.91 Å². The molecule has 3 aromatic rings. The van der Waals surface area contributed by atoms with E-state index in [4.69, 9.17) is 5.73 Å². The molecule has 1 fully saturated rings. The molecule has 7 heteroatoms. The Labute approximate surface area is 169 Å². The van der Waals surface area contributed by atoms with Crippen molar-refractivity contribution < 1.29 is 9.59 Å². The number of para-hydroxylation sites is 3. The predicted octanol–water partition coefficient (Wildman–Crippen LogP) is 2.83. The molecule has 0 aliphatic carbocycles. The van der Waals surface area contributed by atoms with Crippen LogP contribution in [0.5, 0.6) is 0 Å². The Hall–Kier alpha value is -3.61. The van der Waals surface area contributed by atoms with Gasteiger partial charge in [-0.15, -0.1) is 0 Å². The quantitative estimate of drug-likeness (QED) is 0.702. The molecule has 1 aromatic heterocycles. The number of nitrogens with one attached hydrogen (secondary N) is 1.